The van der Waals surface area contributed by atoms with E-state index in [2.05, 4.69) is 37.9 Å². The first-order valence-corrected chi connectivity index (χ1v) is 6.26. The number of amides is 1. The zero-order valence-electron chi connectivity index (χ0n) is 12.3. The van der Waals surface area contributed by atoms with Crippen molar-refractivity contribution in [1.82, 2.24) is 10.2 Å². The Balaban J connectivity index is 4.62. The van der Waals surface area contributed by atoms with Crippen LogP contribution in [0.5, 0.6) is 0 Å². The van der Waals surface area contributed by atoms with Crippen LogP contribution in [0.3, 0.4) is 0 Å². The van der Waals surface area contributed by atoms with E-state index in [1.807, 2.05) is 13.8 Å². The maximum Gasteiger partial charge on any atom is 0.322 e. The van der Waals surface area contributed by atoms with Crippen molar-refractivity contribution < 1.29 is 14.7 Å². The zero-order chi connectivity index (χ0) is 14.6. The highest BCUT2D eigenvalue weighted by molar-refractivity contribution is 5.85. The Kier molecular flexibility index (Phi) is 5.80. The van der Waals surface area contributed by atoms with Crippen LogP contribution in [0.4, 0.5) is 0 Å². The van der Waals surface area contributed by atoms with Gasteiger partial charge in [0.15, 0.2) is 0 Å². The number of hydrogen-bond donors (Lipinski definition) is 2. The van der Waals surface area contributed by atoms with E-state index >= 15 is 0 Å². The highest BCUT2D eigenvalue weighted by Crippen LogP contribution is 2.22. The van der Waals surface area contributed by atoms with Crippen LogP contribution in [-0.4, -0.2) is 47.1 Å². The average molecular weight is 258 g/mol. The van der Waals surface area contributed by atoms with Crippen LogP contribution in [0.25, 0.3) is 0 Å². The molecule has 1 amide bonds. The fourth-order valence-corrected chi connectivity index (χ4v) is 1.77. The van der Waals surface area contributed by atoms with Gasteiger partial charge in [0, 0.05) is 12.1 Å². The Hall–Kier alpha value is -1.10. The third-order valence-electron chi connectivity index (χ3n) is 2.93. The number of carbonyl (C=O) groups excluding carboxylic acids is 1. The van der Waals surface area contributed by atoms with Gasteiger partial charge in [-0.15, -0.1) is 0 Å². The molecule has 0 aromatic heterocycles. The van der Waals surface area contributed by atoms with Crippen LogP contribution in [0.2, 0.25) is 0 Å². The third-order valence-corrected chi connectivity index (χ3v) is 2.93. The molecule has 0 radical (unpaired) electrons. The van der Waals surface area contributed by atoms with Crippen molar-refractivity contribution in [2.45, 2.75) is 47.1 Å². The van der Waals surface area contributed by atoms with E-state index < -0.39 is 11.4 Å². The Morgan fingerprint density at radius 1 is 1.17 bits per heavy atom. The molecule has 106 valence electrons. The van der Waals surface area contributed by atoms with E-state index in [4.69, 9.17) is 5.11 Å². The summed E-state index contributed by atoms with van der Waals surface area (Å²) in [5.41, 5.74) is -0.627. The van der Waals surface area contributed by atoms with Gasteiger partial charge >= 0.3 is 5.97 Å². The highest BCUT2D eigenvalue weighted by Gasteiger charge is 2.33. The average Bonchev–Trinajstić information content (AvgIpc) is 2.20. The van der Waals surface area contributed by atoms with Crippen molar-refractivity contribution in [2.75, 3.05) is 19.6 Å². The summed E-state index contributed by atoms with van der Waals surface area (Å²) in [6, 6.07) is 0. The van der Waals surface area contributed by atoms with Crippen molar-refractivity contribution in [1.29, 1.82) is 0 Å². The van der Waals surface area contributed by atoms with E-state index in [0.717, 1.165) is 6.54 Å². The second kappa shape index (κ2) is 6.18. The van der Waals surface area contributed by atoms with E-state index in [9.17, 15) is 9.59 Å². The molecular formula is C13H26N2O3. The summed E-state index contributed by atoms with van der Waals surface area (Å²) in [6.07, 6.45) is 0. The maximum atomic E-state index is 11.9. The van der Waals surface area contributed by atoms with Crippen molar-refractivity contribution in [3.8, 4) is 0 Å². The van der Waals surface area contributed by atoms with Gasteiger partial charge in [-0.2, -0.15) is 0 Å². The third kappa shape index (κ3) is 5.49. The minimum absolute atomic E-state index is 0.0148. The van der Waals surface area contributed by atoms with Crippen LogP contribution < -0.4 is 5.32 Å². The predicted molar refractivity (Wildman–Crippen MR) is 71.4 cm³/mol. The maximum absolute atomic E-state index is 11.9. The molecule has 0 rings (SSSR count). The Morgan fingerprint density at radius 2 is 1.67 bits per heavy atom. The summed E-state index contributed by atoms with van der Waals surface area (Å²) in [5, 5.41) is 11.0. The molecule has 0 unspecified atom stereocenters. The van der Waals surface area contributed by atoms with Crippen LogP contribution in [0.1, 0.15) is 41.5 Å². The van der Waals surface area contributed by atoms with E-state index in [1.54, 1.807) is 0 Å². The monoisotopic (exact) mass is 258 g/mol. The van der Waals surface area contributed by atoms with Crippen molar-refractivity contribution in [3.63, 3.8) is 0 Å². The zero-order valence-corrected chi connectivity index (χ0v) is 12.3. The Morgan fingerprint density at radius 3 is 2.00 bits per heavy atom. The lowest BCUT2D eigenvalue weighted by atomic mass is 9.89. The number of aliphatic carboxylic acids is 1. The predicted octanol–water partition coefficient (Wildman–Crippen LogP) is 1.33. The van der Waals surface area contributed by atoms with Gasteiger partial charge in [-0.1, -0.05) is 6.92 Å². The number of nitrogens with one attached hydrogen (secondary N) is 1. The van der Waals surface area contributed by atoms with Crippen LogP contribution >= 0.6 is 0 Å². The van der Waals surface area contributed by atoms with Crippen molar-refractivity contribution >= 4 is 11.9 Å². The first-order chi connectivity index (χ1) is 8.00. The lowest BCUT2D eigenvalue weighted by molar-refractivity contribution is -0.140. The molecule has 5 nitrogen and oxygen atoms in total. The quantitative estimate of drug-likeness (QED) is 0.754. The van der Waals surface area contributed by atoms with Gasteiger partial charge in [0.25, 0.3) is 0 Å². The van der Waals surface area contributed by atoms with Gasteiger partial charge in [0.05, 0.1) is 5.41 Å². The van der Waals surface area contributed by atoms with E-state index in [0.29, 0.717) is 6.54 Å². The molecule has 0 saturated carbocycles. The van der Waals surface area contributed by atoms with Gasteiger partial charge in [0.1, 0.15) is 6.54 Å². The molecule has 0 aromatic carbocycles. The second-order valence-corrected chi connectivity index (χ2v) is 6.15. The summed E-state index contributed by atoms with van der Waals surface area (Å²) in [7, 11) is 0. The SMILES string of the molecule is CCN(CC(C)(C)C(=O)NCC(=O)O)C(C)(C)C. The summed E-state index contributed by atoms with van der Waals surface area (Å²) >= 11 is 0. The molecule has 0 aliphatic carbocycles. The Bertz CT molecular complexity index is 306. The molecule has 5 heteroatoms. The van der Waals surface area contributed by atoms with Crippen molar-refractivity contribution in [3.05, 3.63) is 0 Å². The first kappa shape index (κ1) is 16.9. The number of hydrogen-bond acceptors (Lipinski definition) is 3. The summed E-state index contributed by atoms with van der Waals surface area (Å²) in [4.78, 5) is 24.6. The van der Waals surface area contributed by atoms with Gasteiger partial charge < -0.3 is 10.4 Å². The van der Waals surface area contributed by atoms with E-state index in [1.165, 1.54) is 0 Å². The summed E-state index contributed by atoms with van der Waals surface area (Å²) in [6.45, 7) is 13.1. The minimum atomic E-state index is -1.03. The number of carboxylic acids is 1. The number of carboxylic acid groups (broad SMARTS) is 1. The molecule has 18 heavy (non-hydrogen) atoms. The minimum Gasteiger partial charge on any atom is -0.480 e. The Labute approximate surface area is 110 Å². The van der Waals surface area contributed by atoms with Gasteiger partial charge in [-0.3, -0.25) is 14.5 Å². The normalized spacial score (nSPS) is 12.6. The molecule has 0 saturated heterocycles. The molecule has 0 bridgehead atoms. The molecular weight excluding hydrogens is 232 g/mol. The van der Waals surface area contributed by atoms with Crippen molar-refractivity contribution in [2.24, 2.45) is 5.41 Å². The number of nitrogens with zero attached hydrogens (tertiary/aromatic N) is 1. The van der Waals surface area contributed by atoms with Crippen LogP contribution in [0, 0.1) is 5.41 Å². The molecule has 0 aliphatic heterocycles. The fraction of sp³-hybridized carbons (Fsp3) is 0.846. The standard InChI is InChI=1S/C13H26N2O3/c1-7-15(12(2,3)4)9-13(5,6)11(18)14-8-10(16)17/h7-9H2,1-6H3,(H,14,18)(H,16,17). The molecule has 0 aromatic rings. The largest absolute Gasteiger partial charge is 0.480 e. The first-order valence-electron chi connectivity index (χ1n) is 6.26. The number of rotatable bonds is 6. The fourth-order valence-electron chi connectivity index (χ4n) is 1.77. The lowest BCUT2D eigenvalue weighted by Gasteiger charge is -2.39. The van der Waals surface area contributed by atoms with Gasteiger partial charge in [0.2, 0.25) is 5.91 Å². The van der Waals surface area contributed by atoms with Crippen LogP contribution in [-0.2, 0) is 9.59 Å². The highest BCUT2D eigenvalue weighted by atomic mass is 16.4. The molecule has 0 heterocycles. The summed E-state index contributed by atoms with van der Waals surface area (Å²) in [5.74, 6) is -1.25. The molecule has 0 aliphatic rings. The molecule has 0 atom stereocenters. The topological polar surface area (TPSA) is 69.6 Å². The van der Waals surface area contributed by atoms with Gasteiger partial charge in [-0.05, 0) is 41.2 Å². The number of carbonyl (C=O) groups is 2. The molecule has 2 N–H and O–H groups in total. The smallest absolute Gasteiger partial charge is 0.322 e. The summed E-state index contributed by atoms with van der Waals surface area (Å²) < 4.78 is 0. The second-order valence-electron chi connectivity index (χ2n) is 6.15. The van der Waals surface area contributed by atoms with Crippen LogP contribution in [0.15, 0.2) is 0 Å². The molecule has 0 spiro atoms. The van der Waals surface area contributed by atoms with Gasteiger partial charge in [-0.25, -0.2) is 0 Å². The van der Waals surface area contributed by atoms with E-state index in [-0.39, 0.29) is 18.0 Å². The molecule has 0 fully saturated rings. The lowest BCUT2D eigenvalue weighted by Crippen LogP contribution is -2.51.